The van der Waals surface area contributed by atoms with E-state index in [4.69, 9.17) is 16.3 Å². The Kier molecular flexibility index (Phi) is 4.09. The summed E-state index contributed by atoms with van der Waals surface area (Å²) < 4.78 is 5.11. The van der Waals surface area contributed by atoms with Crippen molar-refractivity contribution in [2.45, 2.75) is 0 Å². The van der Waals surface area contributed by atoms with Crippen LogP contribution in [0.2, 0.25) is 5.15 Å². The van der Waals surface area contributed by atoms with Crippen molar-refractivity contribution in [3.8, 4) is 5.75 Å². The first-order chi connectivity index (χ1) is 8.78. The molecule has 18 heavy (non-hydrogen) atoms. The molecule has 0 saturated heterocycles. The first-order valence-electron chi connectivity index (χ1n) is 5.20. The molecule has 0 unspecified atom stereocenters. The second-order valence-electron chi connectivity index (χ2n) is 3.39. The van der Waals surface area contributed by atoms with Gasteiger partial charge in [-0.15, -0.1) is 10.2 Å². The van der Waals surface area contributed by atoms with Crippen LogP contribution in [0.3, 0.4) is 0 Å². The zero-order valence-corrected chi connectivity index (χ0v) is 10.4. The summed E-state index contributed by atoms with van der Waals surface area (Å²) in [6.45, 7) is 0. The van der Waals surface area contributed by atoms with Crippen molar-refractivity contribution in [2.75, 3.05) is 12.5 Å². The number of methoxy groups -OCH3 is 1. The van der Waals surface area contributed by atoms with Crippen LogP contribution in [0, 0.1) is 0 Å². The molecule has 0 aliphatic rings. The zero-order chi connectivity index (χ0) is 12.8. The monoisotopic (exact) mass is 262 g/mol. The van der Waals surface area contributed by atoms with Gasteiger partial charge in [0.1, 0.15) is 5.75 Å². The van der Waals surface area contributed by atoms with Crippen LogP contribution in [0.4, 0.5) is 5.82 Å². The smallest absolute Gasteiger partial charge is 0.168 e. The SMILES string of the molecule is COc1cccc(C=NNc2ccc(Cl)nn2)c1. The van der Waals surface area contributed by atoms with Gasteiger partial charge in [-0.25, -0.2) is 0 Å². The summed E-state index contributed by atoms with van der Waals surface area (Å²) in [5.74, 6) is 1.31. The third kappa shape index (κ3) is 3.43. The molecular formula is C12H11ClN4O. The molecule has 0 radical (unpaired) electrons. The first kappa shape index (κ1) is 12.3. The van der Waals surface area contributed by atoms with Crippen LogP contribution in [-0.4, -0.2) is 23.5 Å². The van der Waals surface area contributed by atoms with E-state index < -0.39 is 0 Å². The number of benzene rings is 1. The lowest BCUT2D eigenvalue weighted by Crippen LogP contribution is -1.95. The molecule has 0 spiro atoms. The van der Waals surface area contributed by atoms with Gasteiger partial charge in [-0.3, -0.25) is 5.43 Å². The third-order valence-electron chi connectivity index (χ3n) is 2.12. The minimum absolute atomic E-state index is 0.345. The predicted octanol–water partition coefficient (Wildman–Crippen LogP) is 2.58. The Morgan fingerprint density at radius 3 is 2.89 bits per heavy atom. The number of hydrazone groups is 1. The van der Waals surface area contributed by atoms with E-state index in [0.717, 1.165) is 11.3 Å². The van der Waals surface area contributed by atoms with E-state index in [0.29, 0.717) is 11.0 Å². The molecule has 6 heteroatoms. The minimum Gasteiger partial charge on any atom is -0.497 e. The molecule has 1 N–H and O–H groups in total. The molecule has 0 atom stereocenters. The molecule has 2 aromatic rings. The number of anilines is 1. The lowest BCUT2D eigenvalue weighted by molar-refractivity contribution is 0.415. The van der Waals surface area contributed by atoms with Crippen LogP contribution in [0.5, 0.6) is 5.75 Å². The fourth-order valence-electron chi connectivity index (χ4n) is 1.27. The van der Waals surface area contributed by atoms with E-state index in [1.165, 1.54) is 0 Å². The van der Waals surface area contributed by atoms with Gasteiger partial charge in [-0.2, -0.15) is 5.10 Å². The number of nitrogens with one attached hydrogen (secondary N) is 1. The second kappa shape index (κ2) is 5.97. The zero-order valence-electron chi connectivity index (χ0n) is 9.67. The number of hydrogen-bond acceptors (Lipinski definition) is 5. The quantitative estimate of drug-likeness (QED) is 0.680. The Labute approximate surface area is 109 Å². The molecule has 0 saturated carbocycles. The number of ether oxygens (including phenoxy) is 1. The maximum Gasteiger partial charge on any atom is 0.168 e. The topological polar surface area (TPSA) is 59.4 Å². The van der Waals surface area contributed by atoms with E-state index in [-0.39, 0.29) is 0 Å². The van der Waals surface area contributed by atoms with E-state index in [9.17, 15) is 0 Å². The normalized spacial score (nSPS) is 10.6. The summed E-state index contributed by atoms with van der Waals surface area (Å²) in [4.78, 5) is 0. The summed E-state index contributed by atoms with van der Waals surface area (Å²) in [6, 6.07) is 10.9. The van der Waals surface area contributed by atoms with Gasteiger partial charge in [0.2, 0.25) is 0 Å². The Morgan fingerprint density at radius 2 is 2.17 bits per heavy atom. The Bertz CT molecular complexity index is 542. The fourth-order valence-corrected chi connectivity index (χ4v) is 1.37. The highest BCUT2D eigenvalue weighted by Crippen LogP contribution is 2.11. The Balaban J connectivity index is 2.00. The van der Waals surface area contributed by atoms with Gasteiger partial charge in [0.15, 0.2) is 11.0 Å². The predicted molar refractivity (Wildman–Crippen MR) is 71.3 cm³/mol. The van der Waals surface area contributed by atoms with Crippen molar-refractivity contribution in [3.05, 3.63) is 47.1 Å². The van der Waals surface area contributed by atoms with Crippen LogP contribution in [0.25, 0.3) is 0 Å². The standard InChI is InChI=1S/C12H11ClN4O/c1-18-10-4-2-3-9(7-10)8-14-16-12-6-5-11(13)15-17-12/h2-8H,1H3,(H,16,17). The minimum atomic E-state index is 0.345. The summed E-state index contributed by atoms with van der Waals surface area (Å²) in [7, 11) is 1.62. The van der Waals surface area contributed by atoms with Crippen molar-refractivity contribution < 1.29 is 4.74 Å². The summed E-state index contributed by atoms with van der Waals surface area (Å²) in [6.07, 6.45) is 1.67. The van der Waals surface area contributed by atoms with Gasteiger partial charge >= 0.3 is 0 Å². The van der Waals surface area contributed by atoms with E-state index in [2.05, 4.69) is 20.7 Å². The Morgan fingerprint density at radius 1 is 1.28 bits per heavy atom. The summed E-state index contributed by atoms with van der Waals surface area (Å²) in [5.41, 5.74) is 3.67. The molecule has 1 aromatic carbocycles. The molecular weight excluding hydrogens is 252 g/mol. The van der Waals surface area contributed by atoms with Gasteiger partial charge in [0.05, 0.1) is 13.3 Å². The molecule has 0 bridgehead atoms. The van der Waals surface area contributed by atoms with Crippen LogP contribution in [0.1, 0.15) is 5.56 Å². The van der Waals surface area contributed by atoms with Crippen molar-refractivity contribution >= 4 is 23.6 Å². The Hall–Kier alpha value is -2.14. The van der Waals surface area contributed by atoms with Gasteiger partial charge < -0.3 is 4.74 Å². The number of rotatable bonds is 4. The van der Waals surface area contributed by atoms with Gasteiger partial charge in [0, 0.05) is 0 Å². The molecule has 0 fully saturated rings. The molecule has 1 aromatic heterocycles. The number of nitrogens with zero attached hydrogens (tertiary/aromatic N) is 3. The highest BCUT2D eigenvalue weighted by atomic mass is 35.5. The summed E-state index contributed by atoms with van der Waals surface area (Å²) in [5, 5.41) is 11.9. The number of aromatic nitrogens is 2. The molecule has 5 nitrogen and oxygen atoms in total. The number of hydrogen-bond donors (Lipinski definition) is 1. The molecule has 0 amide bonds. The van der Waals surface area contributed by atoms with Crippen LogP contribution in [0.15, 0.2) is 41.5 Å². The van der Waals surface area contributed by atoms with Crippen molar-refractivity contribution in [3.63, 3.8) is 0 Å². The van der Waals surface area contributed by atoms with Crippen LogP contribution in [-0.2, 0) is 0 Å². The van der Waals surface area contributed by atoms with Crippen molar-refractivity contribution in [1.82, 2.24) is 10.2 Å². The average Bonchev–Trinajstić information content (AvgIpc) is 2.41. The summed E-state index contributed by atoms with van der Waals surface area (Å²) >= 11 is 5.62. The maximum absolute atomic E-state index is 5.62. The van der Waals surface area contributed by atoms with Crippen LogP contribution >= 0.6 is 11.6 Å². The highest BCUT2D eigenvalue weighted by Gasteiger charge is 1.94. The van der Waals surface area contributed by atoms with Crippen LogP contribution < -0.4 is 10.2 Å². The molecule has 0 aliphatic carbocycles. The van der Waals surface area contributed by atoms with Crippen molar-refractivity contribution in [1.29, 1.82) is 0 Å². The van der Waals surface area contributed by atoms with E-state index in [1.807, 2.05) is 24.3 Å². The second-order valence-corrected chi connectivity index (χ2v) is 3.78. The maximum atomic E-state index is 5.62. The lowest BCUT2D eigenvalue weighted by atomic mass is 10.2. The van der Waals surface area contributed by atoms with E-state index >= 15 is 0 Å². The third-order valence-corrected chi connectivity index (χ3v) is 2.32. The molecule has 0 aliphatic heterocycles. The van der Waals surface area contributed by atoms with Gasteiger partial charge in [-0.1, -0.05) is 23.7 Å². The van der Waals surface area contributed by atoms with Crippen molar-refractivity contribution in [2.24, 2.45) is 5.10 Å². The van der Waals surface area contributed by atoms with E-state index in [1.54, 1.807) is 25.5 Å². The molecule has 2 rings (SSSR count). The van der Waals surface area contributed by atoms with Gasteiger partial charge in [-0.05, 0) is 29.8 Å². The largest absolute Gasteiger partial charge is 0.497 e. The average molecular weight is 263 g/mol. The molecule has 92 valence electrons. The van der Waals surface area contributed by atoms with Gasteiger partial charge in [0.25, 0.3) is 0 Å². The highest BCUT2D eigenvalue weighted by molar-refractivity contribution is 6.29. The first-order valence-corrected chi connectivity index (χ1v) is 5.58. The fraction of sp³-hybridized carbons (Fsp3) is 0.0833. The number of halogens is 1. The molecule has 1 heterocycles. The lowest BCUT2D eigenvalue weighted by Gasteiger charge is -2.00.